The molecule has 0 aliphatic rings. The molecule has 0 spiro atoms. The monoisotopic (exact) mass is 287 g/mol. The van der Waals surface area contributed by atoms with Crippen LogP contribution < -0.4 is 0 Å². The fourth-order valence-corrected chi connectivity index (χ4v) is 2.50. The molecule has 0 aliphatic carbocycles. The maximum absolute atomic E-state index is 12.0. The topological polar surface area (TPSA) is 57.6 Å². The molecule has 1 amide bonds. The number of amides is 1. The van der Waals surface area contributed by atoms with Crippen molar-refractivity contribution < 1.29 is 14.7 Å². The summed E-state index contributed by atoms with van der Waals surface area (Å²) in [5.41, 5.74) is 0. The Bertz CT molecular complexity index is 458. The molecule has 18 heavy (non-hydrogen) atoms. The van der Waals surface area contributed by atoms with E-state index in [0.717, 1.165) is 4.88 Å². The average Bonchev–Trinajstić information content (AvgIpc) is 2.72. The Balaban J connectivity index is 2.79. The third kappa shape index (κ3) is 3.85. The first-order valence-corrected chi connectivity index (χ1v) is 6.52. The van der Waals surface area contributed by atoms with Crippen LogP contribution in [0, 0.1) is 5.92 Å². The van der Waals surface area contributed by atoms with E-state index in [0.29, 0.717) is 17.4 Å². The lowest BCUT2D eigenvalue weighted by molar-refractivity contribution is -0.150. The van der Waals surface area contributed by atoms with Gasteiger partial charge in [-0.25, -0.2) is 0 Å². The number of carboxylic acids is 1. The largest absolute Gasteiger partial charge is 0.481 e. The van der Waals surface area contributed by atoms with Crippen LogP contribution in [-0.4, -0.2) is 28.4 Å². The van der Waals surface area contributed by atoms with Gasteiger partial charge in [-0.1, -0.05) is 17.7 Å². The van der Waals surface area contributed by atoms with Gasteiger partial charge in [0.05, 0.1) is 10.9 Å². The van der Waals surface area contributed by atoms with Crippen LogP contribution in [0.5, 0.6) is 0 Å². The Morgan fingerprint density at radius 2 is 2.28 bits per heavy atom. The molecule has 0 saturated heterocycles. The van der Waals surface area contributed by atoms with Crippen LogP contribution in [0.2, 0.25) is 4.34 Å². The summed E-state index contributed by atoms with van der Waals surface area (Å²) in [7, 11) is 0. The van der Waals surface area contributed by atoms with E-state index in [1.54, 1.807) is 12.1 Å². The number of rotatable bonds is 6. The first kappa shape index (κ1) is 14.7. The first-order chi connectivity index (χ1) is 8.45. The molecule has 0 bridgehead atoms. The van der Waals surface area contributed by atoms with Gasteiger partial charge in [0.25, 0.3) is 0 Å². The van der Waals surface area contributed by atoms with Crippen molar-refractivity contribution in [1.82, 2.24) is 4.90 Å². The first-order valence-electron chi connectivity index (χ1n) is 5.32. The Kier molecular flexibility index (Phi) is 5.37. The molecule has 1 rings (SSSR count). The molecule has 1 aromatic rings. The van der Waals surface area contributed by atoms with Crippen LogP contribution in [0.15, 0.2) is 24.8 Å². The predicted octanol–water partition coefficient (Wildman–Crippen LogP) is 2.64. The molecule has 1 atom stereocenters. The standard InChI is InChI=1S/C12H14ClNO3S/c1-3-6-14(11(15)8(2)12(16)17)7-9-4-5-10(13)18-9/h3-5,8H,1,6-7H2,2H3,(H,16,17). The summed E-state index contributed by atoms with van der Waals surface area (Å²) >= 11 is 7.18. The van der Waals surface area contributed by atoms with Crippen LogP contribution in [0.4, 0.5) is 0 Å². The maximum Gasteiger partial charge on any atom is 0.315 e. The number of thiophene rings is 1. The normalized spacial score (nSPS) is 11.9. The van der Waals surface area contributed by atoms with E-state index in [2.05, 4.69) is 6.58 Å². The van der Waals surface area contributed by atoms with Crippen molar-refractivity contribution >= 4 is 34.8 Å². The van der Waals surface area contributed by atoms with Gasteiger partial charge in [0.15, 0.2) is 0 Å². The van der Waals surface area contributed by atoms with E-state index < -0.39 is 17.8 Å². The number of carbonyl (C=O) groups is 2. The molecule has 0 aliphatic heterocycles. The van der Waals surface area contributed by atoms with Crippen molar-refractivity contribution in [2.75, 3.05) is 6.54 Å². The lowest BCUT2D eigenvalue weighted by atomic mass is 10.1. The number of hydrogen-bond acceptors (Lipinski definition) is 3. The van der Waals surface area contributed by atoms with Crippen LogP contribution in [0.1, 0.15) is 11.8 Å². The highest BCUT2D eigenvalue weighted by molar-refractivity contribution is 7.16. The minimum absolute atomic E-state index is 0.311. The molecule has 0 fully saturated rings. The summed E-state index contributed by atoms with van der Waals surface area (Å²) in [6.07, 6.45) is 1.57. The molecular formula is C12H14ClNO3S. The van der Waals surface area contributed by atoms with Gasteiger partial charge in [-0.3, -0.25) is 9.59 Å². The Labute approximate surface area is 114 Å². The Morgan fingerprint density at radius 3 is 2.72 bits per heavy atom. The molecule has 1 heterocycles. The lowest BCUT2D eigenvalue weighted by Crippen LogP contribution is -2.37. The average molecular weight is 288 g/mol. The van der Waals surface area contributed by atoms with E-state index in [9.17, 15) is 9.59 Å². The Morgan fingerprint density at radius 1 is 1.61 bits per heavy atom. The number of carboxylic acid groups (broad SMARTS) is 1. The SMILES string of the molecule is C=CCN(Cc1ccc(Cl)s1)C(=O)C(C)C(=O)O. The van der Waals surface area contributed by atoms with Gasteiger partial charge in [0.2, 0.25) is 5.91 Å². The second kappa shape index (κ2) is 6.56. The van der Waals surface area contributed by atoms with Crippen molar-refractivity contribution in [1.29, 1.82) is 0 Å². The molecule has 0 aromatic carbocycles. The molecule has 0 radical (unpaired) electrons. The van der Waals surface area contributed by atoms with E-state index in [1.807, 2.05) is 6.07 Å². The van der Waals surface area contributed by atoms with Gasteiger partial charge in [-0.2, -0.15) is 0 Å². The maximum atomic E-state index is 12.0. The van der Waals surface area contributed by atoms with E-state index in [1.165, 1.54) is 23.2 Å². The van der Waals surface area contributed by atoms with Crippen LogP contribution in [0.3, 0.4) is 0 Å². The minimum Gasteiger partial charge on any atom is -0.481 e. The molecule has 1 unspecified atom stereocenters. The highest BCUT2D eigenvalue weighted by Gasteiger charge is 2.25. The smallest absolute Gasteiger partial charge is 0.315 e. The van der Waals surface area contributed by atoms with Crippen molar-refractivity contribution in [3.05, 3.63) is 34.0 Å². The molecule has 98 valence electrons. The number of hydrogen-bond donors (Lipinski definition) is 1. The fourth-order valence-electron chi connectivity index (χ4n) is 1.39. The highest BCUT2D eigenvalue weighted by Crippen LogP contribution is 2.23. The quantitative estimate of drug-likeness (QED) is 0.646. The highest BCUT2D eigenvalue weighted by atomic mass is 35.5. The summed E-state index contributed by atoms with van der Waals surface area (Å²) in [6.45, 7) is 5.61. The van der Waals surface area contributed by atoms with Crippen molar-refractivity contribution in [2.45, 2.75) is 13.5 Å². The van der Waals surface area contributed by atoms with Gasteiger partial charge in [-0.15, -0.1) is 17.9 Å². The zero-order chi connectivity index (χ0) is 13.7. The number of halogens is 1. The van der Waals surface area contributed by atoms with Gasteiger partial charge in [0.1, 0.15) is 5.92 Å². The van der Waals surface area contributed by atoms with E-state index in [-0.39, 0.29) is 0 Å². The van der Waals surface area contributed by atoms with Gasteiger partial charge >= 0.3 is 5.97 Å². The van der Waals surface area contributed by atoms with E-state index >= 15 is 0 Å². The molecule has 6 heteroatoms. The fraction of sp³-hybridized carbons (Fsp3) is 0.333. The molecule has 0 saturated carbocycles. The number of aliphatic carboxylic acids is 1. The van der Waals surface area contributed by atoms with Crippen LogP contribution in [-0.2, 0) is 16.1 Å². The molecule has 4 nitrogen and oxygen atoms in total. The summed E-state index contributed by atoms with van der Waals surface area (Å²) in [6, 6.07) is 3.57. The summed E-state index contributed by atoms with van der Waals surface area (Å²) in [5.74, 6) is -2.61. The van der Waals surface area contributed by atoms with E-state index in [4.69, 9.17) is 16.7 Å². The second-order valence-corrected chi connectivity index (χ2v) is 5.57. The number of carbonyl (C=O) groups excluding carboxylic acids is 1. The molecule has 1 aromatic heterocycles. The zero-order valence-electron chi connectivity index (χ0n) is 9.93. The van der Waals surface area contributed by atoms with Crippen molar-refractivity contribution in [2.24, 2.45) is 5.92 Å². The van der Waals surface area contributed by atoms with Gasteiger partial charge in [-0.05, 0) is 19.1 Å². The Hall–Kier alpha value is -1.33. The third-order valence-electron chi connectivity index (χ3n) is 2.38. The lowest BCUT2D eigenvalue weighted by Gasteiger charge is -2.22. The predicted molar refractivity (Wildman–Crippen MR) is 71.7 cm³/mol. The van der Waals surface area contributed by atoms with Crippen molar-refractivity contribution in [3.8, 4) is 0 Å². The summed E-state index contributed by atoms with van der Waals surface area (Å²) < 4.78 is 0.641. The zero-order valence-corrected chi connectivity index (χ0v) is 11.5. The van der Waals surface area contributed by atoms with Gasteiger partial charge < -0.3 is 10.0 Å². The molecule has 1 N–H and O–H groups in total. The van der Waals surface area contributed by atoms with Crippen molar-refractivity contribution in [3.63, 3.8) is 0 Å². The summed E-state index contributed by atoms with van der Waals surface area (Å²) in [4.78, 5) is 25.1. The van der Waals surface area contributed by atoms with Crippen LogP contribution >= 0.6 is 22.9 Å². The van der Waals surface area contributed by atoms with Gasteiger partial charge in [0, 0.05) is 11.4 Å². The minimum atomic E-state index is -1.13. The second-order valence-electron chi connectivity index (χ2n) is 3.77. The third-order valence-corrected chi connectivity index (χ3v) is 3.59. The molecular weight excluding hydrogens is 274 g/mol. The number of nitrogens with zero attached hydrogens (tertiary/aromatic N) is 1. The summed E-state index contributed by atoms with van der Waals surface area (Å²) in [5, 5.41) is 8.85. The van der Waals surface area contributed by atoms with Crippen LogP contribution in [0.25, 0.3) is 0 Å².